The van der Waals surface area contributed by atoms with Crippen molar-refractivity contribution < 1.29 is 27.1 Å². The average Bonchev–Trinajstić information content (AvgIpc) is 3.05. The maximum Gasteiger partial charge on any atom is 0.273 e. The number of aromatic nitrogens is 1. The van der Waals surface area contributed by atoms with Crippen LogP contribution in [0.2, 0.25) is 0 Å². The standard InChI is InChI=1S/C21H21FN4O5S/c1-12-10-17(13(2)26(12)15-6-4-14(22)5-7-15)20(27)24-25-21(28)18-11-16(32(23,29)30)8-9-19(18)31-3/h4-11H,1-3H3,(H,24,27)(H,25,28)(H2,23,29,30). The number of rotatable bonds is 5. The van der Waals surface area contributed by atoms with Crippen molar-refractivity contribution in [2.45, 2.75) is 18.7 Å². The van der Waals surface area contributed by atoms with E-state index in [0.29, 0.717) is 11.4 Å². The molecule has 0 radical (unpaired) electrons. The van der Waals surface area contributed by atoms with Gasteiger partial charge in [0.2, 0.25) is 10.0 Å². The molecule has 3 aromatic rings. The highest BCUT2D eigenvalue weighted by Crippen LogP contribution is 2.23. The Morgan fingerprint density at radius 1 is 0.969 bits per heavy atom. The van der Waals surface area contributed by atoms with E-state index in [1.807, 2.05) is 0 Å². The third kappa shape index (κ3) is 4.63. The van der Waals surface area contributed by atoms with E-state index in [1.165, 1.54) is 31.4 Å². The monoisotopic (exact) mass is 460 g/mol. The van der Waals surface area contributed by atoms with Gasteiger partial charge >= 0.3 is 0 Å². The van der Waals surface area contributed by atoms with Crippen LogP contribution in [0.1, 0.15) is 32.1 Å². The molecule has 0 aliphatic carbocycles. The maximum atomic E-state index is 13.2. The Morgan fingerprint density at radius 3 is 2.12 bits per heavy atom. The highest BCUT2D eigenvalue weighted by Gasteiger charge is 2.20. The van der Waals surface area contributed by atoms with Crippen molar-refractivity contribution in [3.05, 3.63) is 76.9 Å². The van der Waals surface area contributed by atoms with Gasteiger partial charge in [-0.3, -0.25) is 20.4 Å². The second kappa shape index (κ2) is 8.81. The lowest BCUT2D eigenvalue weighted by molar-refractivity contribution is 0.0844. The van der Waals surface area contributed by atoms with Gasteiger partial charge in [-0.05, 0) is 62.4 Å². The molecular weight excluding hydrogens is 439 g/mol. The Morgan fingerprint density at radius 2 is 1.56 bits per heavy atom. The lowest BCUT2D eigenvalue weighted by atomic mass is 10.2. The predicted octanol–water partition coefficient (Wildman–Crippen LogP) is 1.96. The van der Waals surface area contributed by atoms with Gasteiger partial charge in [-0.1, -0.05) is 0 Å². The maximum absolute atomic E-state index is 13.2. The number of amides is 2. The lowest BCUT2D eigenvalue weighted by Gasteiger charge is -2.12. The summed E-state index contributed by atoms with van der Waals surface area (Å²) in [7, 11) is -2.73. The first-order chi connectivity index (χ1) is 15.0. The molecule has 0 aliphatic rings. The van der Waals surface area contributed by atoms with Crippen molar-refractivity contribution in [3.63, 3.8) is 0 Å². The van der Waals surface area contributed by atoms with Gasteiger partial charge < -0.3 is 9.30 Å². The van der Waals surface area contributed by atoms with Crippen LogP contribution in [0.5, 0.6) is 5.75 Å². The van der Waals surface area contributed by atoms with Crippen LogP contribution in [0, 0.1) is 19.7 Å². The van der Waals surface area contributed by atoms with E-state index in [0.717, 1.165) is 11.8 Å². The zero-order chi connectivity index (χ0) is 23.6. The average molecular weight is 460 g/mol. The number of nitrogens with one attached hydrogen (secondary N) is 2. The molecule has 9 nitrogen and oxygen atoms in total. The predicted molar refractivity (Wildman–Crippen MR) is 115 cm³/mol. The van der Waals surface area contributed by atoms with Crippen LogP contribution in [0.4, 0.5) is 4.39 Å². The van der Waals surface area contributed by atoms with Crippen molar-refractivity contribution in [2.75, 3.05) is 7.11 Å². The molecule has 1 aromatic heterocycles. The van der Waals surface area contributed by atoms with Gasteiger partial charge in [-0.25, -0.2) is 17.9 Å². The molecule has 0 aliphatic heterocycles. The first-order valence-corrected chi connectivity index (χ1v) is 10.8. The van der Waals surface area contributed by atoms with E-state index in [-0.39, 0.29) is 27.6 Å². The Kier molecular flexibility index (Phi) is 6.32. The number of methoxy groups -OCH3 is 1. The van der Waals surface area contributed by atoms with Gasteiger partial charge in [-0.2, -0.15) is 0 Å². The van der Waals surface area contributed by atoms with Gasteiger partial charge in [0.1, 0.15) is 11.6 Å². The number of primary sulfonamides is 1. The normalized spacial score (nSPS) is 11.2. The van der Waals surface area contributed by atoms with Crippen LogP contribution in [-0.2, 0) is 10.0 Å². The zero-order valence-corrected chi connectivity index (χ0v) is 18.3. The molecule has 0 saturated heterocycles. The highest BCUT2D eigenvalue weighted by atomic mass is 32.2. The molecule has 0 saturated carbocycles. The van der Waals surface area contributed by atoms with Gasteiger partial charge in [0.15, 0.2) is 0 Å². The molecule has 168 valence electrons. The topological polar surface area (TPSA) is 133 Å². The van der Waals surface area contributed by atoms with E-state index in [1.54, 1.807) is 36.6 Å². The summed E-state index contributed by atoms with van der Waals surface area (Å²) in [4.78, 5) is 25.0. The minimum atomic E-state index is -4.04. The lowest BCUT2D eigenvalue weighted by Crippen LogP contribution is -2.42. The molecule has 0 spiro atoms. The minimum absolute atomic E-state index is 0.0960. The number of carbonyl (C=O) groups excluding carboxylic acids is 2. The summed E-state index contributed by atoms with van der Waals surface area (Å²) in [5, 5.41) is 5.11. The third-order valence-corrected chi connectivity index (χ3v) is 5.71. The molecule has 3 rings (SSSR count). The largest absolute Gasteiger partial charge is 0.496 e. The SMILES string of the molecule is COc1ccc(S(N)(=O)=O)cc1C(=O)NNC(=O)c1cc(C)n(-c2ccc(F)cc2)c1C. The third-order valence-electron chi connectivity index (χ3n) is 4.79. The molecule has 11 heteroatoms. The Hall–Kier alpha value is -3.70. The first kappa shape index (κ1) is 23.0. The molecule has 4 N–H and O–H groups in total. The van der Waals surface area contributed by atoms with Crippen molar-refractivity contribution in [2.24, 2.45) is 5.14 Å². The van der Waals surface area contributed by atoms with Crippen LogP contribution in [0.3, 0.4) is 0 Å². The summed E-state index contributed by atoms with van der Waals surface area (Å²) in [6, 6.07) is 11.0. The number of nitrogens with zero attached hydrogens (tertiary/aromatic N) is 1. The molecular formula is C21H21FN4O5S. The van der Waals surface area contributed by atoms with Crippen molar-refractivity contribution in [3.8, 4) is 11.4 Å². The summed E-state index contributed by atoms with van der Waals surface area (Å²) in [5.74, 6) is -1.67. The molecule has 0 unspecified atom stereocenters. The fraction of sp³-hybridized carbons (Fsp3) is 0.143. The number of aryl methyl sites for hydroxylation is 1. The number of ether oxygens (including phenoxy) is 1. The number of halogens is 1. The Labute approximate surface area is 184 Å². The van der Waals surface area contributed by atoms with Crippen LogP contribution in [0.25, 0.3) is 5.69 Å². The minimum Gasteiger partial charge on any atom is -0.496 e. The number of hydrogen-bond acceptors (Lipinski definition) is 5. The van der Waals surface area contributed by atoms with E-state index < -0.39 is 21.8 Å². The Balaban J connectivity index is 1.82. The smallest absolute Gasteiger partial charge is 0.273 e. The molecule has 0 bridgehead atoms. The number of hydrogen-bond donors (Lipinski definition) is 3. The summed E-state index contributed by atoms with van der Waals surface area (Å²) in [6.07, 6.45) is 0. The number of nitrogens with two attached hydrogens (primary N) is 1. The second-order valence-corrected chi connectivity index (χ2v) is 8.47. The highest BCUT2D eigenvalue weighted by molar-refractivity contribution is 7.89. The summed E-state index contributed by atoms with van der Waals surface area (Å²) < 4.78 is 43.2. The first-order valence-electron chi connectivity index (χ1n) is 9.29. The van der Waals surface area contributed by atoms with Crippen LogP contribution in [0.15, 0.2) is 53.4 Å². The van der Waals surface area contributed by atoms with Crippen molar-refractivity contribution in [1.82, 2.24) is 15.4 Å². The number of carbonyl (C=O) groups is 2. The summed E-state index contributed by atoms with van der Waals surface area (Å²) in [5.41, 5.74) is 6.69. The van der Waals surface area contributed by atoms with E-state index in [4.69, 9.17) is 9.88 Å². The van der Waals surface area contributed by atoms with Crippen molar-refractivity contribution in [1.29, 1.82) is 0 Å². The van der Waals surface area contributed by atoms with Crippen LogP contribution < -0.4 is 20.7 Å². The molecule has 2 aromatic carbocycles. The van der Waals surface area contributed by atoms with Crippen molar-refractivity contribution >= 4 is 21.8 Å². The fourth-order valence-corrected chi connectivity index (χ4v) is 3.81. The summed E-state index contributed by atoms with van der Waals surface area (Å²) >= 11 is 0. The second-order valence-electron chi connectivity index (χ2n) is 6.91. The van der Waals surface area contributed by atoms with Gasteiger partial charge in [0.25, 0.3) is 11.8 Å². The molecule has 32 heavy (non-hydrogen) atoms. The number of hydrazine groups is 1. The number of sulfonamides is 1. The summed E-state index contributed by atoms with van der Waals surface area (Å²) in [6.45, 7) is 3.50. The van der Waals surface area contributed by atoms with Crippen LogP contribution >= 0.6 is 0 Å². The molecule has 0 fully saturated rings. The molecule has 1 heterocycles. The van der Waals surface area contributed by atoms with Gasteiger partial charge in [-0.15, -0.1) is 0 Å². The van der Waals surface area contributed by atoms with Gasteiger partial charge in [0.05, 0.1) is 23.1 Å². The fourth-order valence-electron chi connectivity index (χ4n) is 3.27. The van der Waals surface area contributed by atoms with Crippen LogP contribution in [-0.4, -0.2) is 31.9 Å². The molecule has 0 atom stereocenters. The van der Waals surface area contributed by atoms with E-state index in [2.05, 4.69) is 10.9 Å². The van der Waals surface area contributed by atoms with Gasteiger partial charge in [0, 0.05) is 17.1 Å². The Bertz CT molecular complexity index is 1300. The molecule has 2 amide bonds. The zero-order valence-electron chi connectivity index (χ0n) is 17.5. The number of benzene rings is 2. The van der Waals surface area contributed by atoms with E-state index in [9.17, 15) is 22.4 Å². The van der Waals surface area contributed by atoms with E-state index >= 15 is 0 Å². The quantitative estimate of drug-likeness (QED) is 0.501.